The van der Waals surface area contributed by atoms with Crippen LogP contribution in [-0.2, 0) is 21.7 Å². The predicted molar refractivity (Wildman–Crippen MR) is 146 cm³/mol. The maximum absolute atomic E-state index is 12.6. The average Bonchev–Trinajstić information content (AvgIpc) is 2.99. The number of ether oxygens (including phenoxy) is 2. The van der Waals surface area contributed by atoms with Gasteiger partial charge in [0.2, 0.25) is 0 Å². The van der Waals surface area contributed by atoms with Gasteiger partial charge in [-0.1, -0.05) is 72.8 Å². The van der Waals surface area contributed by atoms with Crippen LogP contribution < -0.4 is 15.4 Å². The number of carbonyl (C=O) groups excluding carboxylic acids is 2. The quantitative estimate of drug-likeness (QED) is 0.224. The molecule has 3 N–H and O–H groups in total. The van der Waals surface area contributed by atoms with E-state index >= 15 is 0 Å². The van der Waals surface area contributed by atoms with E-state index in [1.807, 2.05) is 72.8 Å². The monoisotopic (exact) mass is 514 g/mol. The summed E-state index contributed by atoms with van der Waals surface area (Å²) in [4.78, 5) is 26.8. The van der Waals surface area contributed by atoms with Crippen molar-refractivity contribution in [1.82, 2.24) is 15.5 Å². The van der Waals surface area contributed by atoms with Gasteiger partial charge in [0.15, 0.2) is 12.2 Å². The number of methoxy groups -OCH3 is 1. The number of hydrogen-bond donors (Lipinski definition) is 3. The van der Waals surface area contributed by atoms with Crippen LogP contribution in [0.3, 0.4) is 0 Å². The second-order valence-corrected chi connectivity index (χ2v) is 9.37. The fraction of sp³-hybridized carbons (Fsp3) is 0.300. The highest BCUT2D eigenvalue weighted by molar-refractivity contribution is 5.86. The first-order valence-corrected chi connectivity index (χ1v) is 12.8. The highest BCUT2D eigenvalue weighted by atomic mass is 16.6. The molecular weight excluding hydrogens is 480 g/mol. The van der Waals surface area contributed by atoms with Gasteiger partial charge in [-0.25, -0.2) is 4.79 Å². The largest absolute Gasteiger partial charge is 0.497 e. The van der Waals surface area contributed by atoms with Gasteiger partial charge in [0.25, 0.3) is 0 Å². The number of rotatable bonds is 9. The number of nitrogens with zero attached hydrogens (tertiary/aromatic N) is 1. The lowest BCUT2D eigenvalue weighted by Crippen LogP contribution is -2.53. The van der Waals surface area contributed by atoms with Crippen molar-refractivity contribution in [2.24, 2.45) is 5.92 Å². The van der Waals surface area contributed by atoms with E-state index in [-0.39, 0.29) is 18.7 Å². The van der Waals surface area contributed by atoms with Gasteiger partial charge < -0.3 is 25.0 Å². The van der Waals surface area contributed by atoms with Gasteiger partial charge >= 0.3 is 6.09 Å². The van der Waals surface area contributed by atoms with Crippen molar-refractivity contribution in [1.29, 1.82) is 5.41 Å². The fourth-order valence-corrected chi connectivity index (χ4v) is 4.65. The lowest BCUT2D eigenvalue weighted by Gasteiger charge is -2.34. The number of guanidine groups is 1. The Morgan fingerprint density at radius 1 is 0.974 bits per heavy atom. The molecule has 1 heterocycles. The molecule has 38 heavy (non-hydrogen) atoms. The van der Waals surface area contributed by atoms with Crippen LogP contribution in [0.25, 0.3) is 0 Å². The van der Waals surface area contributed by atoms with Crippen molar-refractivity contribution in [3.8, 4) is 5.75 Å². The van der Waals surface area contributed by atoms with Gasteiger partial charge in [-0.05, 0) is 47.6 Å². The Labute approximate surface area is 223 Å². The number of nitrogens with one attached hydrogen (secondary N) is 3. The standard InChI is InChI=1S/C30H34N4O4/c1-37-27-14-12-26(13-15-27)30(22-35,25-10-6-3-7-11-25)33-28(31)32-20-23-16-18-34(19-17-23)29(36)38-21-24-8-4-2-5-9-24/h2-15,22-23H,16-21H2,1H3,(H3,31,32,33). The number of likely N-dealkylation sites (tertiary alicyclic amines) is 1. The molecule has 4 rings (SSSR count). The molecule has 0 saturated carbocycles. The molecule has 1 unspecified atom stereocenters. The van der Waals surface area contributed by atoms with Crippen LogP contribution in [0.15, 0.2) is 84.9 Å². The lowest BCUT2D eigenvalue weighted by atomic mass is 9.84. The third kappa shape index (κ3) is 6.51. The molecule has 1 aliphatic heterocycles. The molecular formula is C30H34N4O4. The van der Waals surface area contributed by atoms with Gasteiger partial charge in [-0.15, -0.1) is 0 Å². The Morgan fingerprint density at radius 2 is 1.58 bits per heavy atom. The van der Waals surface area contributed by atoms with Crippen LogP contribution in [0.2, 0.25) is 0 Å². The summed E-state index contributed by atoms with van der Waals surface area (Å²) in [5, 5.41) is 14.9. The number of aldehydes is 1. The van der Waals surface area contributed by atoms with Gasteiger partial charge in [-0.2, -0.15) is 0 Å². The van der Waals surface area contributed by atoms with Crippen LogP contribution in [0.1, 0.15) is 29.5 Å². The molecule has 8 heteroatoms. The van der Waals surface area contributed by atoms with Crippen molar-refractivity contribution in [3.05, 3.63) is 102 Å². The Bertz CT molecular complexity index is 1200. The van der Waals surface area contributed by atoms with Crippen molar-refractivity contribution < 1.29 is 19.1 Å². The third-order valence-electron chi connectivity index (χ3n) is 6.92. The molecule has 1 amide bonds. The van der Waals surface area contributed by atoms with Crippen molar-refractivity contribution >= 4 is 18.3 Å². The van der Waals surface area contributed by atoms with E-state index in [1.54, 1.807) is 24.1 Å². The number of piperidine rings is 1. The lowest BCUT2D eigenvalue weighted by molar-refractivity contribution is -0.111. The molecule has 0 bridgehead atoms. The number of benzene rings is 3. The Balaban J connectivity index is 1.32. The molecule has 0 radical (unpaired) electrons. The van der Waals surface area contributed by atoms with E-state index in [9.17, 15) is 9.59 Å². The predicted octanol–water partition coefficient (Wildman–Crippen LogP) is 4.30. The van der Waals surface area contributed by atoms with Crippen molar-refractivity contribution in [2.45, 2.75) is 25.0 Å². The van der Waals surface area contributed by atoms with Gasteiger partial charge in [0, 0.05) is 19.6 Å². The second kappa shape index (κ2) is 12.8. The molecule has 1 aliphatic rings. The SMILES string of the molecule is COc1ccc(C(C=O)(NC(=N)NCC2CCN(C(=O)OCc3ccccc3)CC2)c2ccccc2)cc1. The fourth-order valence-electron chi connectivity index (χ4n) is 4.65. The topological polar surface area (TPSA) is 104 Å². The summed E-state index contributed by atoms with van der Waals surface area (Å²) in [6.45, 7) is 2.03. The first-order chi connectivity index (χ1) is 18.5. The maximum Gasteiger partial charge on any atom is 0.410 e. The van der Waals surface area contributed by atoms with Crippen LogP contribution in [0, 0.1) is 11.3 Å². The zero-order valence-electron chi connectivity index (χ0n) is 21.6. The van der Waals surface area contributed by atoms with E-state index in [0.29, 0.717) is 36.9 Å². The van der Waals surface area contributed by atoms with Crippen molar-refractivity contribution in [2.75, 3.05) is 26.7 Å². The number of carbonyl (C=O) groups is 2. The van der Waals surface area contributed by atoms with Crippen LogP contribution in [0.5, 0.6) is 5.75 Å². The minimum atomic E-state index is -1.23. The van der Waals surface area contributed by atoms with E-state index in [0.717, 1.165) is 30.3 Å². The molecule has 1 atom stereocenters. The summed E-state index contributed by atoms with van der Waals surface area (Å²) in [7, 11) is 1.59. The zero-order valence-corrected chi connectivity index (χ0v) is 21.6. The summed E-state index contributed by atoms with van der Waals surface area (Å²) < 4.78 is 10.7. The smallest absolute Gasteiger partial charge is 0.410 e. The van der Waals surface area contributed by atoms with E-state index in [4.69, 9.17) is 14.9 Å². The summed E-state index contributed by atoms with van der Waals surface area (Å²) in [5.74, 6) is 1.03. The molecule has 1 saturated heterocycles. The second-order valence-electron chi connectivity index (χ2n) is 9.37. The number of amides is 1. The van der Waals surface area contributed by atoms with E-state index in [1.165, 1.54) is 0 Å². The molecule has 198 valence electrons. The van der Waals surface area contributed by atoms with Crippen molar-refractivity contribution in [3.63, 3.8) is 0 Å². The average molecular weight is 515 g/mol. The van der Waals surface area contributed by atoms with Crippen LogP contribution in [-0.4, -0.2) is 50.0 Å². The van der Waals surface area contributed by atoms with E-state index < -0.39 is 5.54 Å². The molecule has 3 aromatic rings. The van der Waals surface area contributed by atoms with E-state index in [2.05, 4.69) is 10.6 Å². The molecule has 8 nitrogen and oxygen atoms in total. The zero-order chi connectivity index (χ0) is 26.8. The number of hydrogen-bond acceptors (Lipinski definition) is 5. The summed E-state index contributed by atoms with van der Waals surface area (Å²) in [6.07, 6.45) is 2.14. The van der Waals surface area contributed by atoms with Crippen LogP contribution in [0.4, 0.5) is 4.79 Å². The Morgan fingerprint density at radius 3 is 2.18 bits per heavy atom. The minimum absolute atomic E-state index is 0.0569. The highest BCUT2D eigenvalue weighted by Crippen LogP contribution is 2.29. The molecule has 0 spiro atoms. The van der Waals surface area contributed by atoms with Crippen LogP contribution >= 0.6 is 0 Å². The first kappa shape index (κ1) is 26.7. The normalized spacial score (nSPS) is 15.1. The Kier molecular flexibility index (Phi) is 8.98. The summed E-state index contributed by atoms with van der Waals surface area (Å²) in [5.41, 5.74) is 1.16. The molecule has 0 aliphatic carbocycles. The van der Waals surface area contributed by atoms with Gasteiger partial charge in [-0.3, -0.25) is 10.2 Å². The minimum Gasteiger partial charge on any atom is -0.497 e. The summed E-state index contributed by atoms with van der Waals surface area (Å²) in [6, 6.07) is 26.2. The molecule has 3 aromatic carbocycles. The molecule has 1 fully saturated rings. The van der Waals surface area contributed by atoms with Gasteiger partial charge in [0.05, 0.1) is 7.11 Å². The molecule has 0 aromatic heterocycles. The first-order valence-electron chi connectivity index (χ1n) is 12.8. The maximum atomic E-state index is 12.6. The summed E-state index contributed by atoms with van der Waals surface area (Å²) >= 11 is 0. The van der Waals surface area contributed by atoms with Gasteiger partial charge in [0.1, 0.15) is 17.9 Å². The third-order valence-corrected chi connectivity index (χ3v) is 6.92. The highest BCUT2D eigenvalue weighted by Gasteiger charge is 2.35. The Hall–Kier alpha value is -4.33.